The third kappa shape index (κ3) is 4.45. The molecule has 0 spiro atoms. The average Bonchev–Trinajstić information content (AvgIpc) is 2.67. The lowest BCUT2D eigenvalue weighted by molar-refractivity contribution is 0.307. The number of hydrogen-bond donors (Lipinski definition) is 1. The zero-order valence-corrected chi connectivity index (χ0v) is 16.5. The number of aromatic amines is 1. The Hall–Kier alpha value is -2.46. The molecule has 0 atom stereocenters. The molecule has 0 aliphatic rings. The smallest absolute Gasteiger partial charge is 0.270 e. The largest absolute Gasteiger partial charge is 0.488 e. The minimum absolute atomic E-state index is 0.0913. The van der Waals surface area contributed by atoms with Gasteiger partial charge in [0, 0.05) is 15.6 Å². The molecule has 0 aliphatic heterocycles. The molecule has 0 bridgehead atoms. The van der Waals surface area contributed by atoms with Gasteiger partial charge < -0.3 is 9.72 Å². The molecule has 0 fully saturated rings. The van der Waals surface area contributed by atoms with Crippen LogP contribution in [-0.4, -0.2) is 16.2 Å². The van der Waals surface area contributed by atoms with Gasteiger partial charge in [-0.05, 0) is 42.2 Å². The monoisotopic (exact) mass is 417 g/mol. The maximum atomic E-state index is 12.2. The summed E-state index contributed by atoms with van der Waals surface area (Å²) in [6, 6.07) is 14.2. The highest BCUT2D eigenvalue weighted by atomic mass is 35.5. The fraction of sp³-hybridized carbons (Fsp3) is 0.105. The lowest BCUT2D eigenvalue weighted by atomic mass is 10.1. The molecule has 136 valence electrons. The van der Waals surface area contributed by atoms with Crippen molar-refractivity contribution < 1.29 is 4.74 Å². The number of nitriles is 1. The SMILES string of the molecule is CSc1nc(-c2cc(Cl)ccc2OCc2ccc(Cl)cc2)c(C#N)c(=O)[nH]1. The second-order valence-corrected chi connectivity index (χ2v) is 7.13. The summed E-state index contributed by atoms with van der Waals surface area (Å²) in [6.07, 6.45) is 1.78. The highest BCUT2D eigenvalue weighted by Gasteiger charge is 2.18. The summed E-state index contributed by atoms with van der Waals surface area (Å²) in [4.78, 5) is 19.2. The summed E-state index contributed by atoms with van der Waals surface area (Å²) in [6.45, 7) is 0.284. The molecule has 2 aromatic carbocycles. The van der Waals surface area contributed by atoms with Crippen molar-refractivity contribution in [2.45, 2.75) is 11.8 Å². The first-order valence-corrected chi connectivity index (χ1v) is 9.75. The number of ether oxygens (including phenoxy) is 1. The summed E-state index contributed by atoms with van der Waals surface area (Å²) in [5, 5.41) is 10.9. The van der Waals surface area contributed by atoms with E-state index in [2.05, 4.69) is 9.97 Å². The van der Waals surface area contributed by atoms with Gasteiger partial charge in [0.2, 0.25) is 0 Å². The van der Waals surface area contributed by atoms with Crippen LogP contribution in [-0.2, 0) is 6.61 Å². The van der Waals surface area contributed by atoms with E-state index in [1.165, 1.54) is 11.8 Å². The maximum Gasteiger partial charge on any atom is 0.270 e. The first-order chi connectivity index (χ1) is 13.0. The Morgan fingerprint density at radius 2 is 1.89 bits per heavy atom. The summed E-state index contributed by atoms with van der Waals surface area (Å²) < 4.78 is 5.92. The van der Waals surface area contributed by atoms with Crippen molar-refractivity contribution >= 4 is 35.0 Å². The number of aromatic nitrogens is 2. The second kappa shape index (κ2) is 8.49. The molecule has 0 unspecified atom stereocenters. The van der Waals surface area contributed by atoms with Crippen LogP contribution in [0.15, 0.2) is 52.4 Å². The van der Waals surface area contributed by atoms with E-state index in [9.17, 15) is 10.1 Å². The summed E-state index contributed by atoms with van der Waals surface area (Å²) in [5.41, 5.74) is 1.04. The van der Waals surface area contributed by atoms with Gasteiger partial charge in [-0.15, -0.1) is 0 Å². The molecule has 5 nitrogen and oxygen atoms in total. The number of nitrogens with one attached hydrogen (secondary N) is 1. The van der Waals surface area contributed by atoms with Gasteiger partial charge in [-0.25, -0.2) is 4.98 Å². The topological polar surface area (TPSA) is 78.8 Å². The first-order valence-electron chi connectivity index (χ1n) is 7.77. The summed E-state index contributed by atoms with van der Waals surface area (Å²) in [5.74, 6) is 0.469. The minimum Gasteiger partial charge on any atom is -0.488 e. The lowest BCUT2D eigenvalue weighted by Crippen LogP contribution is -2.15. The van der Waals surface area contributed by atoms with Gasteiger partial charge in [0.25, 0.3) is 5.56 Å². The van der Waals surface area contributed by atoms with Crippen molar-refractivity contribution in [2.24, 2.45) is 0 Å². The maximum absolute atomic E-state index is 12.2. The molecule has 0 aliphatic carbocycles. The second-order valence-electron chi connectivity index (χ2n) is 5.47. The summed E-state index contributed by atoms with van der Waals surface area (Å²) >= 11 is 13.3. The van der Waals surface area contributed by atoms with Gasteiger partial charge in [0.1, 0.15) is 29.7 Å². The van der Waals surface area contributed by atoms with Crippen LogP contribution >= 0.6 is 35.0 Å². The van der Waals surface area contributed by atoms with E-state index in [-0.39, 0.29) is 17.9 Å². The zero-order valence-electron chi connectivity index (χ0n) is 14.1. The molecule has 1 aromatic heterocycles. The van der Waals surface area contributed by atoms with E-state index >= 15 is 0 Å². The first kappa shape index (κ1) is 19.3. The molecule has 1 N–H and O–H groups in total. The highest BCUT2D eigenvalue weighted by Crippen LogP contribution is 2.33. The molecule has 3 rings (SSSR count). The van der Waals surface area contributed by atoms with Gasteiger partial charge in [0.15, 0.2) is 5.16 Å². The predicted molar refractivity (Wildman–Crippen MR) is 108 cm³/mol. The van der Waals surface area contributed by atoms with E-state index in [1.54, 1.807) is 36.6 Å². The van der Waals surface area contributed by atoms with Crippen LogP contribution in [0.4, 0.5) is 0 Å². The number of halogens is 2. The molecular formula is C19H13Cl2N3O2S. The lowest BCUT2D eigenvalue weighted by Gasteiger charge is -2.13. The highest BCUT2D eigenvalue weighted by molar-refractivity contribution is 7.98. The van der Waals surface area contributed by atoms with Gasteiger partial charge in [-0.1, -0.05) is 47.1 Å². The number of benzene rings is 2. The molecule has 1 heterocycles. The van der Waals surface area contributed by atoms with Crippen molar-refractivity contribution in [1.29, 1.82) is 5.26 Å². The van der Waals surface area contributed by atoms with Crippen LogP contribution in [0.1, 0.15) is 11.1 Å². The van der Waals surface area contributed by atoms with E-state index in [4.69, 9.17) is 27.9 Å². The average molecular weight is 418 g/mol. The van der Waals surface area contributed by atoms with Gasteiger partial charge in [0.05, 0.1) is 0 Å². The van der Waals surface area contributed by atoms with Gasteiger partial charge in [-0.2, -0.15) is 5.26 Å². The van der Waals surface area contributed by atoms with E-state index < -0.39 is 5.56 Å². The molecule has 0 radical (unpaired) electrons. The number of rotatable bonds is 5. The molecule has 0 amide bonds. The fourth-order valence-electron chi connectivity index (χ4n) is 2.40. The third-order valence-electron chi connectivity index (χ3n) is 3.71. The van der Waals surface area contributed by atoms with Crippen LogP contribution in [0.3, 0.4) is 0 Å². The van der Waals surface area contributed by atoms with Crippen LogP contribution in [0.5, 0.6) is 5.75 Å². The van der Waals surface area contributed by atoms with Crippen LogP contribution in [0, 0.1) is 11.3 Å². The molecule has 8 heteroatoms. The third-order valence-corrected chi connectivity index (χ3v) is 4.77. The zero-order chi connectivity index (χ0) is 19.4. The number of nitrogens with zero attached hydrogens (tertiary/aromatic N) is 2. The predicted octanol–water partition coefficient (Wildman–Crippen LogP) is 4.92. The van der Waals surface area contributed by atoms with Crippen molar-refractivity contribution in [3.63, 3.8) is 0 Å². The van der Waals surface area contributed by atoms with Crippen molar-refractivity contribution in [3.8, 4) is 23.1 Å². The van der Waals surface area contributed by atoms with Crippen LogP contribution in [0.2, 0.25) is 10.0 Å². The number of hydrogen-bond acceptors (Lipinski definition) is 5. The number of thioether (sulfide) groups is 1. The Morgan fingerprint density at radius 3 is 2.56 bits per heavy atom. The Balaban J connectivity index is 2.05. The minimum atomic E-state index is -0.504. The van der Waals surface area contributed by atoms with Crippen molar-refractivity contribution in [1.82, 2.24) is 9.97 Å². The normalized spacial score (nSPS) is 10.4. The van der Waals surface area contributed by atoms with Crippen LogP contribution < -0.4 is 10.3 Å². The molecule has 27 heavy (non-hydrogen) atoms. The number of H-pyrrole nitrogens is 1. The van der Waals surface area contributed by atoms with Gasteiger partial charge in [-0.3, -0.25) is 4.79 Å². The molecular weight excluding hydrogens is 405 g/mol. The van der Waals surface area contributed by atoms with E-state index in [1.807, 2.05) is 18.2 Å². The van der Waals surface area contributed by atoms with Crippen LogP contribution in [0.25, 0.3) is 11.3 Å². The fourth-order valence-corrected chi connectivity index (χ4v) is 3.08. The quantitative estimate of drug-likeness (QED) is 0.470. The standard InChI is InChI=1S/C19H13Cl2N3O2S/c1-27-19-23-17(15(9-22)18(25)24-19)14-8-13(21)6-7-16(14)26-10-11-2-4-12(20)5-3-11/h2-8H,10H2,1H3,(H,23,24,25). The Morgan fingerprint density at radius 1 is 1.19 bits per heavy atom. The molecule has 0 saturated carbocycles. The molecule has 3 aromatic rings. The molecule has 0 saturated heterocycles. The van der Waals surface area contributed by atoms with Crippen molar-refractivity contribution in [2.75, 3.05) is 6.26 Å². The van der Waals surface area contributed by atoms with E-state index in [0.29, 0.717) is 26.5 Å². The summed E-state index contributed by atoms with van der Waals surface area (Å²) in [7, 11) is 0. The van der Waals surface area contributed by atoms with Crippen molar-refractivity contribution in [3.05, 3.63) is 74.0 Å². The van der Waals surface area contributed by atoms with E-state index in [0.717, 1.165) is 5.56 Å². The Kier molecular flexibility index (Phi) is 6.07. The Labute approximate surface area is 169 Å². The van der Waals surface area contributed by atoms with Gasteiger partial charge >= 0.3 is 0 Å². The Bertz CT molecular complexity index is 1080.